The van der Waals surface area contributed by atoms with E-state index in [2.05, 4.69) is 18.9 Å². The summed E-state index contributed by atoms with van der Waals surface area (Å²) >= 11 is 0. The van der Waals surface area contributed by atoms with Crippen molar-refractivity contribution in [3.8, 4) is 0 Å². The highest BCUT2D eigenvalue weighted by Crippen LogP contribution is 2.18. The van der Waals surface area contributed by atoms with Gasteiger partial charge in [-0.25, -0.2) is 0 Å². The molecule has 4 nitrogen and oxygen atoms in total. The zero-order valence-corrected chi connectivity index (χ0v) is 14.6. The van der Waals surface area contributed by atoms with Gasteiger partial charge in [0, 0.05) is 19.6 Å². The average molecular weight is 328 g/mol. The van der Waals surface area contributed by atoms with Gasteiger partial charge in [0.1, 0.15) is 0 Å². The fraction of sp³-hybridized carbons (Fsp3) is 0.929. The average Bonchev–Trinajstić information content (AvgIpc) is 2.36. The summed E-state index contributed by atoms with van der Waals surface area (Å²) in [6.45, 7) is 8.12. The number of carbonyl (C=O) groups excluding carboxylic acids is 1. The summed E-state index contributed by atoms with van der Waals surface area (Å²) < 4.78 is 0. The highest BCUT2D eigenvalue weighted by Gasteiger charge is 2.24. The molecule has 1 aliphatic heterocycles. The van der Waals surface area contributed by atoms with E-state index in [4.69, 9.17) is 5.73 Å². The Morgan fingerprint density at radius 2 is 1.90 bits per heavy atom. The quantitative estimate of drug-likeness (QED) is 0.813. The number of hydrogen-bond acceptors (Lipinski definition) is 3. The van der Waals surface area contributed by atoms with Gasteiger partial charge in [0.2, 0.25) is 5.91 Å². The van der Waals surface area contributed by atoms with Gasteiger partial charge in [-0.05, 0) is 45.7 Å². The maximum absolute atomic E-state index is 11.8. The lowest BCUT2D eigenvalue weighted by molar-refractivity contribution is -0.133. The van der Waals surface area contributed by atoms with Crippen LogP contribution in [0.2, 0.25) is 0 Å². The van der Waals surface area contributed by atoms with E-state index in [1.54, 1.807) is 6.92 Å². The summed E-state index contributed by atoms with van der Waals surface area (Å²) in [5.41, 5.74) is 5.64. The van der Waals surface area contributed by atoms with Crippen LogP contribution in [-0.4, -0.2) is 55.0 Å². The number of piperidine rings is 1. The van der Waals surface area contributed by atoms with Crippen molar-refractivity contribution in [2.24, 2.45) is 11.7 Å². The second-order valence-electron chi connectivity index (χ2n) is 5.67. The number of carbonyl (C=O) groups is 1. The van der Waals surface area contributed by atoms with E-state index in [9.17, 15) is 4.79 Å². The van der Waals surface area contributed by atoms with Gasteiger partial charge in [0.15, 0.2) is 0 Å². The molecule has 6 heteroatoms. The molecule has 1 saturated heterocycles. The first-order chi connectivity index (χ1) is 8.54. The van der Waals surface area contributed by atoms with E-state index in [0.29, 0.717) is 0 Å². The predicted octanol–water partition coefficient (Wildman–Crippen LogP) is 2.15. The van der Waals surface area contributed by atoms with Crippen molar-refractivity contribution in [3.05, 3.63) is 0 Å². The molecule has 20 heavy (non-hydrogen) atoms. The van der Waals surface area contributed by atoms with Crippen LogP contribution in [0.1, 0.15) is 39.5 Å². The minimum absolute atomic E-state index is 0. The fourth-order valence-corrected chi connectivity index (χ4v) is 2.58. The number of nitrogens with two attached hydrogens (primary N) is 1. The molecular weight excluding hydrogens is 297 g/mol. The third kappa shape index (κ3) is 7.67. The Morgan fingerprint density at radius 1 is 1.35 bits per heavy atom. The smallest absolute Gasteiger partial charge is 0.239 e. The molecule has 0 radical (unpaired) electrons. The Balaban J connectivity index is 0. The van der Waals surface area contributed by atoms with E-state index in [1.165, 1.54) is 25.9 Å². The molecule has 1 fully saturated rings. The standard InChI is InChI=1S/C14H29N3O.2ClH/c1-4-5-8-16(3)11-13-6-9-17(10-7-13)14(18)12(2)15;;/h12-13H,4-11,15H2,1-3H3;2*1H. The number of unbranched alkanes of at least 4 members (excludes halogenated alkanes) is 1. The van der Waals surface area contributed by atoms with Crippen molar-refractivity contribution in [2.75, 3.05) is 33.2 Å². The first-order valence-corrected chi connectivity index (χ1v) is 7.27. The third-order valence-corrected chi connectivity index (χ3v) is 3.78. The highest BCUT2D eigenvalue weighted by atomic mass is 35.5. The Bertz CT molecular complexity index is 257. The minimum Gasteiger partial charge on any atom is -0.341 e. The number of halogens is 2. The monoisotopic (exact) mass is 327 g/mol. The normalized spacial score (nSPS) is 17.4. The summed E-state index contributed by atoms with van der Waals surface area (Å²) in [5, 5.41) is 0. The van der Waals surface area contributed by atoms with E-state index in [1.807, 2.05) is 4.90 Å². The lowest BCUT2D eigenvalue weighted by Gasteiger charge is -2.34. The van der Waals surface area contributed by atoms with Gasteiger partial charge in [0.05, 0.1) is 6.04 Å². The lowest BCUT2D eigenvalue weighted by Crippen LogP contribution is -2.47. The SMILES string of the molecule is CCCCN(C)CC1CCN(C(=O)C(C)N)CC1.Cl.Cl. The van der Waals surface area contributed by atoms with Crippen LogP contribution in [0, 0.1) is 5.92 Å². The van der Waals surface area contributed by atoms with Crippen LogP contribution in [0.25, 0.3) is 0 Å². The molecule has 0 aliphatic carbocycles. The van der Waals surface area contributed by atoms with Gasteiger partial charge in [-0.3, -0.25) is 4.79 Å². The van der Waals surface area contributed by atoms with Gasteiger partial charge in [-0.15, -0.1) is 24.8 Å². The van der Waals surface area contributed by atoms with Crippen molar-refractivity contribution in [3.63, 3.8) is 0 Å². The Kier molecular flexibility index (Phi) is 12.9. The zero-order chi connectivity index (χ0) is 13.5. The molecule has 122 valence electrons. The maximum atomic E-state index is 11.8. The molecular formula is C14H31Cl2N3O. The molecule has 0 saturated carbocycles. The molecule has 0 bridgehead atoms. The van der Waals surface area contributed by atoms with Gasteiger partial charge >= 0.3 is 0 Å². The number of amides is 1. The van der Waals surface area contributed by atoms with Gasteiger partial charge < -0.3 is 15.5 Å². The van der Waals surface area contributed by atoms with Crippen LogP contribution < -0.4 is 5.73 Å². The highest BCUT2D eigenvalue weighted by molar-refractivity contribution is 5.85. The minimum atomic E-state index is -0.353. The first-order valence-electron chi connectivity index (χ1n) is 7.27. The largest absolute Gasteiger partial charge is 0.341 e. The predicted molar refractivity (Wildman–Crippen MR) is 89.9 cm³/mol. The second kappa shape index (κ2) is 11.6. The Morgan fingerprint density at radius 3 is 2.35 bits per heavy atom. The molecule has 1 rings (SSSR count). The summed E-state index contributed by atoms with van der Waals surface area (Å²) in [4.78, 5) is 16.1. The first kappa shape index (κ1) is 22.3. The van der Waals surface area contributed by atoms with Crippen LogP contribution in [-0.2, 0) is 4.79 Å². The third-order valence-electron chi connectivity index (χ3n) is 3.78. The van der Waals surface area contributed by atoms with Crippen molar-refractivity contribution >= 4 is 30.7 Å². The van der Waals surface area contributed by atoms with E-state index in [0.717, 1.165) is 31.8 Å². The van der Waals surface area contributed by atoms with Crippen molar-refractivity contribution < 1.29 is 4.79 Å². The molecule has 0 aromatic carbocycles. The molecule has 1 atom stereocenters. The molecule has 1 unspecified atom stereocenters. The topological polar surface area (TPSA) is 49.6 Å². The van der Waals surface area contributed by atoms with Crippen LogP contribution in [0.3, 0.4) is 0 Å². The molecule has 0 aromatic heterocycles. The fourth-order valence-electron chi connectivity index (χ4n) is 2.58. The Labute approximate surface area is 136 Å². The van der Waals surface area contributed by atoms with Crippen molar-refractivity contribution in [1.29, 1.82) is 0 Å². The number of nitrogens with zero attached hydrogens (tertiary/aromatic N) is 2. The van der Waals surface area contributed by atoms with Gasteiger partial charge in [-0.1, -0.05) is 13.3 Å². The molecule has 1 amide bonds. The summed E-state index contributed by atoms with van der Waals surface area (Å²) in [6.07, 6.45) is 4.77. The molecule has 0 aromatic rings. The summed E-state index contributed by atoms with van der Waals surface area (Å²) in [6, 6.07) is -0.353. The van der Waals surface area contributed by atoms with Gasteiger partial charge in [0.25, 0.3) is 0 Å². The maximum Gasteiger partial charge on any atom is 0.239 e. The zero-order valence-electron chi connectivity index (χ0n) is 13.0. The van der Waals surface area contributed by atoms with Crippen LogP contribution in [0.15, 0.2) is 0 Å². The number of likely N-dealkylation sites (tertiary alicyclic amines) is 1. The lowest BCUT2D eigenvalue weighted by atomic mass is 9.96. The van der Waals surface area contributed by atoms with E-state index in [-0.39, 0.29) is 36.8 Å². The summed E-state index contributed by atoms with van der Waals surface area (Å²) in [7, 11) is 2.20. The molecule has 1 aliphatic rings. The van der Waals surface area contributed by atoms with Crippen molar-refractivity contribution in [1.82, 2.24) is 9.80 Å². The molecule has 1 heterocycles. The van der Waals surface area contributed by atoms with Crippen LogP contribution in [0.5, 0.6) is 0 Å². The van der Waals surface area contributed by atoms with E-state index >= 15 is 0 Å². The Hall–Kier alpha value is -0.0300. The van der Waals surface area contributed by atoms with E-state index < -0.39 is 0 Å². The van der Waals surface area contributed by atoms with Gasteiger partial charge in [-0.2, -0.15) is 0 Å². The molecule has 2 N–H and O–H groups in total. The van der Waals surface area contributed by atoms with Crippen LogP contribution >= 0.6 is 24.8 Å². The number of hydrogen-bond donors (Lipinski definition) is 1. The van der Waals surface area contributed by atoms with Crippen LogP contribution in [0.4, 0.5) is 0 Å². The summed E-state index contributed by atoms with van der Waals surface area (Å²) in [5.74, 6) is 0.844. The molecule has 0 spiro atoms. The van der Waals surface area contributed by atoms with Crippen molar-refractivity contribution in [2.45, 2.75) is 45.6 Å². The second-order valence-corrected chi connectivity index (χ2v) is 5.67. The number of rotatable bonds is 6.